The lowest BCUT2D eigenvalue weighted by Gasteiger charge is -2.21. The number of likely N-dealkylation sites (tertiary alicyclic amines) is 1. The molecule has 2 atom stereocenters. The van der Waals surface area contributed by atoms with Crippen LogP contribution in [0.1, 0.15) is 24.0 Å². The summed E-state index contributed by atoms with van der Waals surface area (Å²) < 4.78 is 4.87. The maximum Gasteiger partial charge on any atom is 0.323 e. The quantitative estimate of drug-likeness (QED) is 0.813. The first kappa shape index (κ1) is 18.4. The second kappa shape index (κ2) is 8.79. The van der Waals surface area contributed by atoms with Gasteiger partial charge in [-0.25, -0.2) is 0 Å². The molecule has 26 heavy (non-hydrogen) atoms. The number of rotatable bonds is 6. The van der Waals surface area contributed by atoms with Crippen LogP contribution in [0.4, 0.5) is 0 Å². The van der Waals surface area contributed by atoms with Crippen LogP contribution in [0.15, 0.2) is 66.7 Å². The van der Waals surface area contributed by atoms with E-state index in [-0.39, 0.29) is 12.0 Å². The van der Waals surface area contributed by atoms with Gasteiger partial charge < -0.3 is 9.84 Å². The molecule has 1 aliphatic heterocycles. The number of β-amino-alcohol motifs (C(OH)–C–C–N with tert-alkyl or cyclic N) is 1. The third-order valence-corrected chi connectivity index (χ3v) is 4.79. The summed E-state index contributed by atoms with van der Waals surface area (Å²) in [6.45, 7) is 1.22. The Kier molecular flexibility index (Phi) is 6.21. The third kappa shape index (κ3) is 4.40. The molecule has 4 nitrogen and oxygen atoms in total. The van der Waals surface area contributed by atoms with E-state index in [1.54, 1.807) is 0 Å². The highest BCUT2D eigenvalue weighted by atomic mass is 16.5. The lowest BCUT2D eigenvalue weighted by molar-refractivity contribution is -0.145. The van der Waals surface area contributed by atoms with Crippen LogP contribution in [0, 0.1) is 0 Å². The van der Waals surface area contributed by atoms with E-state index < -0.39 is 6.10 Å². The summed E-state index contributed by atoms with van der Waals surface area (Å²) >= 11 is 0. The summed E-state index contributed by atoms with van der Waals surface area (Å²) in [5.41, 5.74) is 3.52. The molecule has 0 spiro atoms. The van der Waals surface area contributed by atoms with Crippen LogP contribution in [0.5, 0.6) is 0 Å². The van der Waals surface area contributed by atoms with Gasteiger partial charge in [-0.15, -0.1) is 0 Å². The fraction of sp³-hybridized carbons (Fsp3) is 0.318. The summed E-state index contributed by atoms with van der Waals surface area (Å²) in [4.78, 5) is 13.9. The molecule has 136 valence electrons. The Morgan fingerprint density at radius 2 is 1.69 bits per heavy atom. The summed E-state index contributed by atoms with van der Waals surface area (Å²) in [7, 11) is 1.40. The third-order valence-electron chi connectivity index (χ3n) is 4.79. The van der Waals surface area contributed by atoms with E-state index in [1.807, 2.05) is 41.3 Å². The van der Waals surface area contributed by atoms with Gasteiger partial charge in [0.05, 0.1) is 13.2 Å². The predicted octanol–water partition coefficient (Wildman–Crippen LogP) is 3.12. The molecule has 2 aromatic carbocycles. The van der Waals surface area contributed by atoms with Crippen molar-refractivity contribution < 1.29 is 14.6 Å². The van der Waals surface area contributed by atoms with Crippen molar-refractivity contribution in [3.8, 4) is 0 Å². The molecule has 0 amide bonds. The Labute approximate surface area is 154 Å². The van der Waals surface area contributed by atoms with Gasteiger partial charge in [0.2, 0.25) is 0 Å². The maximum atomic E-state index is 11.9. The van der Waals surface area contributed by atoms with Crippen molar-refractivity contribution in [1.29, 1.82) is 0 Å². The molecule has 0 bridgehead atoms. The molecule has 1 saturated heterocycles. The van der Waals surface area contributed by atoms with Gasteiger partial charge in [-0.05, 0) is 23.1 Å². The molecule has 0 unspecified atom stereocenters. The van der Waals surface area contributed by atoms with Crippen molar-refractivity contribution in [1.82, 2.24) is 4.90 Å². The average molecular weight is 351 g/mol. The summed E-state index contributed by atoms with van der Waals surface area (Å²) in [6, 6.07) is 20.3. The van der Waals surface area contributed by atoms with E-state index in [1.165, 1.54) is 23.8 Å². The number of aliphatic hydroxyl groups excluding tert-OH is 1. The molecule has 0 radical (unpaired) electrons. The van der Waals surface area contributed by atoms with E-state index in [4.69, 9.17) is 4.74 Å². The molecule has 1 fully saturated rings. The highest BCUT2D eigenvalue weighted by molar-refractivity contribution is 5.79. The molecule has 1 heterocycles. The second-order valence-corrected chi connectivity index (χ2v) is 6.56. The Bertz CT molecular complexity index is 701. The molecule has 1 aliphatic rings. The molecule has 4 heteroatoms. The molecule has 0 aliphatic carbocycles. The average Bonchev–Trinajstić information content (AvgIpc) is 3.06. The highest BCUT2D eigenvalue weighted by Gasteiger charge is 2.36. The van der Waals surface area contributed by atoms with Crippen LogP contribution in [0.3, 0.4) is 0 Å². The first-order valence-electron chi connectivity index (χ1n) is 9.00. The number of hydrogen-bond acceptors (Lipinski definition) is 4. The van der Waals surface area contributed by atoms with E-state index in [0.717, 1.165) is 6.42 Å². The molecule has 0 aromatic heterocycles. The zero-order valence-corrected chi connectivity index (χ0v) is 15.0. The molecule has 3 rings (SSSR count). The fourth-order valence-corrected chi connectivity index (χ4v) is 3.52. The van der Waals surface area contributed by atoms with Crippen LogP contribution >= 0.6 is 0 Å². The number of carbonyl (C=O) groups is 1. The van der Waals surface area contributed by atoms with Crippen molar-refractivity contribution in [3.63, 3.8) is 0 Å². The summed E-state index contributed by atoms with van der Waals surface area (Å²) in [5.74, 6) is -0.267. The van der Waals surface area contributed by atoms with Gasteiger partial charge in [0.25, 0.3) is 0 Å². The lowest BCUT2D eigenvalue weighted by atomic mass is 9.97. The second-order valence-electron chi connectivity index (χ2n) is 6.56. The number of hydrogen-bond donors (Lipinski definition) is 1. The van der Waals surface area contributed by atoms with Crippen LogP contribution in [0.25, 0.3) is 5.57 Å². The Morgan fingerprint density at radius 3 is 2.23 bits per heavy atom. The number of aliphatic hydroxyl groups is 1. The van der Waals surface area contributed by atoms with Crippen molar-refractivity contribution >= 4 is 11.5 Å². The number of nitrogens with zero attached hydrogens (tertiary/aromatic N) is 1. The van der Waals surface area contributed by atoms with E-state index in [2.05, 4.69) is 30.3 Å². The number of ether oxygens (including phenoxy) is 1. The van der Waals surface area contributed by atoms with Crippen LogP contribution in [-0.4, -0.2) is 48.3 Å². The number of esters is 1. The first-order chi connectivity index (χ1) is 12.7. The lowest BCUT2D eigenvalue weighted by Crippen LogP contribution is -2.37. The number of methoxy groups -OCH3 is 1. The van der Waals surface area contributed by atoms with Crippen molar-refractivity contribution in [2.75, 3.05) is 20.2 Å². The molecular weight excluding hydrogens is 326 g/mol. The highest BCUT2D eigenvalue weighted by Crippen LogP contribution is 2.25. The Hall–Kier alpha value is -2.43. The van der Waals surface area contributed by atoms with Crippen molar-refractivity contribution in [2.45, 2.75) is 25.0 Å². The minimum Gasteiger partial charge on any atom is -0.468 e. The van der Waals surface area contributed by atoms with E-state index >= 15 is 0 Å². The molecule has 1 N–H and O–H groups in total. The van der Waals surface area contributed by atoms with E-state index in [0.29, 0.717) is 19.5 Å². The standard InChI is InChI=1S/C22H25NO3/c1-26-22(25)21-15-19(24)16-23(21)14-8-13-20(17-9-4-2-5-10-17)18-11-6-3-7-12-18/h2-7,9-13,19,21,24H,8,14-16H2,1H3/t19-,21+/m1/s1. The predicted molar refractivity (Wildman–Crippen MR) is 103 cm³/mol. The van der Waals surface area contributed by atoms with Crippen LogP contribution in [0.2, 0.25) is 0 Å². The van der Waals surface area contributed by atoms with Gasteiger partial charge in [-0.3, -0.25) is 9.69 Å². The van der Waals surface area contributed by atoms with Gasteiger partial charge in [-0.1, -0.05) is 66.7 Å². The monoisotopic (exact) mass is 351 g/mol. The van der Waals surface area contributed by atoms with Crippen molar-refractivity contribution in [3.05, 3.63) is 77.9 Å². The molecule has 0 saturated carbocycles. The van der Waals surface area contributed by atoms with Gasteiger partial charge in [0, 0.05) is 19.5 Å². The topological polar surface area (TPSA) is 49.8 Å². The van der Waals surface area contributed by atoms with Crippen LogP contribution in [-0.2, 0) is 9.53 Å². The van der Waals surface area contributed by atoms with Crippen molar-refractivity contribution in [2.24, 2.45) is 0 Å². The zero-order valence-electron chi connectivity index (χ0n) is 15.0. The van der Waals surface area contributed by atoms with E-state index in [9.17, 15) is 9.90 Å². The van der Waals surface area contributed by atoms with Gasteiger partial charge >= 0.3 is 5.97 Å². The Balaban J connectivity index is 1.76. The number of carbonyl (C=O) groups excluding carboxylic acids is 1. The largest absolute Gasteiger partial charge is 0.468 e. The Morgan fingerprint density at radius 1 is 1.12 bits per heavy atom. The fourth-order valence-electron chi connectivity index (χ4n) is 3.52. The van der Waals surface area contributed by atoms with Gasteiger partial charge in [0.15, 0.2) is 0 Å². The molecule has 2 aromatic rings. The zero-order chi connectivity index (χ0) is 18.4. The normalized spacial score (nSPS) is 19.9. The van der Waals surface area contributed by atoms with Gasteiger partial charge in [0.1, 0.15) is 6.04 Å². The number of benzene rings is 2. The minimum atomic E-state index is -0.467. The first-order valence-corrected chi connectivity index (χ1v) is 9.00. The van der Waals surface area contributed by atoms with Gasteiger partial charge in [-0.2, -0.15) is 0 Å². The summed E-state index contributed by atoms with van der Waals surface area (Å²) in [5, 5.41) is 9.91. The SMILES string of the molecule is COC(=O)[C@@H]1C[C@@H](O)CN1CCC=C(c1ccccc1)c1ccccc1. The maximum absolute atomic E-state index is 11.9. The summed E-state index contributed by atoms with van der Waals surface area (Å²) in [6.07, 6.45) is 2.98. The molecular formula is C22H25NO3. The van der Waals surface area contributed by atoms with Crippen LogP contribution < -0.4 is 0 Å². The minimum absolute atomic E-state index is 0.267. The smallest absolute Gasteiger partial charge is 0.323 e.